The quantitative estimate of drug-likeness (QED) is 0.644. The first kappa shape index (κ1) is 11.4. The molecule has 0 heterocycles. The fraction of sp³-hybridized carbons (Fsp3) is 0.750. The van der Waals surface area contributed by atoms with E-state index in [0.717, 1.165) is 31.6 Å². The van der Waals surface area contributed by atoms with Gasteiger partial charge in [-0.2, -0.15) is 0 Å². The number of nitrogens with zero attached hydrogens (tertiary/aromatic N) is 1. The van der Waals surface area contributed by atoms with Gasteiger partial charge in [0.15, 0.2) is 5.78 Å². The number of carbonyl (C=O) groups excluding carboxylic acids is 1. The molecule has 0 unspecified atom stereocenters. The minimum Gasteiger partial charge on any atom is -0.297 e. The molecule has 0 aliphatic heterocycles. The van der Waals surface area contributed by atoms with E-state index in [2.05, 4.69) is 18.4 Å². The lowest BCUT2D eigenvalue weighted by Crippen LogP contribution is -2.52. The van der Waals surface area contributed by atoms with Gasteiger partial charge >= 0.3 is 0 Å². The van der Waals surface area contributed by atoms with Gasteiger partial charge < -0.3 is 0 Å². The molecular formula is C12H21NO. The van der Waals surface area contributed by atoms with Crippen molar-refractivity contribution in [2.75, 3.05) is 14.1 Å². The Bertz CT molecular complexity index is 224. The van der Waals surface area contributed by atoms with Gasteiger partial charge in [-0.1, -0.05) is 13.5 Å². The van der Waals surface area contributed by atoms with Gasteiger partial charge in [-0.3, -0.25) is 9.69 Å². The van der Waals surface area contributed by atoms with Crippen molar-refractivity contribution in [2.24, 2.45) is 5.92 Å². The van der Waals surface area contributed by atoms with Crippen LogP contribution in [0.1, 0.15) is 32.6 Å². The lowest BCUT2D eigenvalue weighted by Gasteiger charge is -2.42. The second-order valence-electron chi connectivity index (χ2n) is 4.68. The Morgan fingerprint density at radius 2 is 1.93 bits per heavy atom. The van der Waals surface area contributed by atoms with Crippen molar-refractivity contribution in [1.82, 2.24) is 4.90 Å². The van der Waals surface area contributed by atoms with Crippen LogP contribution < -0.4 is 0 Å². The van der Waals surface area contributed by atoms with E-state index >= 15 is 0 Å². The lowest BCUT2D eigenvalue weighted by atomic mass is 9.74. The molecule has 1 aliphatic rings. The van der Waals surface area contributed by atoms with Gasteiger partial charge in [0.2, 0.25) is 0 Å². The molecule has 1 rings (SSSR count). The maximum Gasteiger partial charge on any atom is 0.175 e. The summed E-state index contributed by atoms with van der Waals surface area (Å²) in [5, 5.41) is 0. The van der Waals surface area contributed by atoms with Gasteiger partial charge in [-0.05, 0) is 51.8 Å². The average molecular weight is 195 g/mol. The summed E-state index contributed by atoms with van der Waals surface area (Å²) < 4.78 is 0. The first-order valence-corrected chi connectivity index (χ1v) is 5.37. The molecule has 2 heteroatoms. The van der Waals surface area contributed by atoms with Crippen LogP contribution in [0, 0.1) is 5.92 Å². The molecule has 1 fully saturated rings. The third-order valence-corrected chi connectivity index (χ3v) is 3.60. The molecule has 0 aromatic carbocycles. The molecule has 1 aliphatic carbocycles. The molecule has 0 aromatic heterocycles. The van der Waals surface area contributed by atoms with E-state index in [1.165, 1.54) is 6.08 Å². The summed E-state index contributed by atoms with van der Waals surface area (Å²) in [6.07, 6.45) is 5.74. The smallest absolute Gasteiger partial charge is 0.175 e. The van der Waals surface area contributed by atoms with E-state index in [1.807, 2.05) is 14.1 Å². The summed E-state index contributed by atoms with van der Waals surface area (Å²) in [6, 6.07) is 0. The first-order chi connectivity index (χ1) is 6.53. The van der Waals surface area contributed by atoms with Crippen LogP contribution in [-0.4, -0.2) is 30.3 Å². The van der Waals surface area contributed by atoms with Crippen LogP contribution >= 0.6 is 0 Å². The Morgan fingerprint density at radius 1 is 1.43 bits per heavy atom. The van der Waals surface area contributed by atoms with E-state index < -0.39 is 0 Å². The largest absolute Gasteiger partial charge is 0.297 e. The van der Waals surface area contributed by atoms with Crippen LogP contribution in [0.25, 0.3) is 0 Å². The number of likely N-dealkylation sites (N-methyl/N-ethyl adjacent to an activating group) is 1. The topological polar surface area (TPSA) is 20.3 Å². The molecule has 0 N–H and O–H groups in total. The van der Waals surface area contributed by atoms with Gasteiger partial charge in [0.05, 0.1) is 5.54 Å². The van der Waals surface area contributed by atoms with Crippen LogP contribution in [0.3, 0.4) is 0 Å². The summed E-state index contributed by atoms with van der Waals surface area (Å²) in [7, 11) is 3.99. The Balaban J connectivity index is 2.83. The van der Waals surface area contributed by atoms with Gasteiger partial charge in [0.25, 0.3) is 0 Å². The first-order valence-electron chi connectivity index (χ1n) is 5.37. The van der Waals surface area contributed by atoms with E-state index in [0.29, 0.717) is 0 Å². The van der Waals surface area contributed by atoms with Crippen LogP contribution in [0.15, 0.2) is 12.7 Å². The van der Waals surface area contributed by atoms with E-state index in [1.54, 1.807) is 0 Å². The molecule has 0 saturated heterocycles. The predicted molar refractivity (Wildman–Crippen MR) is 59.3 cm³/mol. The highest BCUT2D eigenvalue weighted by Crippen LogP contribution is 2.36. The molecule has 14 heavy (non-hydrogen) atoms. The third kappa shape index (κ3) is 1.90. The van der Waals surface area contributed by atoms with E-state index in [9.17, 15) is 4.79 Å². The van der Waals surface area contributed by atoms with Gasteiger partial charge in [-0.25, -0.2) is 0 Å². The van der Waals surface area contributed by atoms with Crippen LogP contribution in [0.4, 0.5) is 0 Å². The maximum absolute atomic E-state index is 11.9. The van der Waals surface area contributed by atoms with Crippen molar-refractivity contribution in [2.45, 2.75) is 38.1 Å². The summed E-state index contributed by atoms with van der Waals surface area (Å²) in [5.74, 6) is 0.954. The zero-order valence-electron chi connectivity index (χ0n) is 9.55. The average Bonchev–Trinajstić information content (AvgIpc) is 2.18. The minimum absolute atomic E-state index is 0.189. The number of carbonyl (C=O) groups is 1. The lowest BCUT2D eigenvalue weighted by molar-refractivity contribution is -0.127. The normalized spacial score (nSPS) is 33.0. The number of rotatable bonds is 3. The molecule has 0 bridgehead atoms. The SMILES string of the molecule is C=CC(=O)C1(N(C)C)CCC(C)CC1. The molecule has 80 valence electrons. The monoisotopic (exact) mass is 195 g/mol. The van der Waals surface area contributed by atoms with Crippen LogP contribution in [0.2, 0.25) is 0 Å². The highest BCUT2D eigenvalue weighted by molar-refractivity contribution is 5.97. The minimum atomic E-state index is -0.256. The Labute approximate surface area is 87.0 Å². The fourth-order valence-electron chi connectivity index (χ4n) is 2.34. The Hall–Kier alpha value is -0.630. The van der Waals surface area contributed by atoms with Gasteiger partial charge in [0, 0.05) is 0 Å². The number of hydrogen-bond acceptors (Lipinski definition) is 2. The van der Waals surface area contributed by atoms with Crippen LogP contribution in [-0.2, 0) is 4.79 Å². The Morgan fingerprint density at radius 3 is 2.29 bits per heavy atom. The zero-order chi connectivity index (χ0) is 10.8. The molecule has 0 spiro atoms. The molecular weight excluding hydrogens is 174 g/mol. The third-order valence-electron chi connectivity index (χ3n) is 3.60. The summed E-state index contributed by atoms with van der Waals surface area (Å²) >= 11 is 0. The van der Waals surface area contributed by atoms with Crippen molar-refractivity contribution < 1.29 is 4.79 Å². The standard InChI is InChI=1S/C12H21NO/c1-5-11(14)12(13(3)4)8-6-10(2)7-9-12/h5,10H,1,6-9H2,2-4H3. The molecule has 0 aromatic rings. The van der Waals surface area contributed by atoms with Crippen molar-refractivity contribution in [3.63, 3.8) is 0 Å². The summed E-state index contributed by atoms with van der Waals surface area (Å²) in [4.78, 5) is 13.9. The second-order valence-corrected chi connectivity index (χ2v) is 4.68. The van der Waals surface area contributed by atoms with Crippen molar-refractivity contribution >= 4 is 5.78 Å². The second kappa shape index (κ2) is 4.26. The van der Waals surface area contributed by atoms with Crippen molar-refractivity contribution in [1.29, 1.82) is 0 Å². The molecule has 2 nitrogen and oxygen atoms in total. The molecule has 0 amide bonds. The van der Waals surface area contributed by atoms with Crippen molar-refractivity contribution in [3.05, 3.63) is 12.7 Å². The van der Waals surface area contributed by atoms with Crippen molar-refractivity contribution in [3.8, 4) is 0 Å². The zero-order valence-corrected chi connectivity index (χ0v) is 9.55. The summed E-state index contributed by atoms with van der Waals surface area (Å²) in [5.41, 5.74) is -0.256. The van der Waals surface area contributed by atoms with Gasteiger partial charge in [-0.15, -0.1) is 0 Å². The predicted octanol–water partition coefficient (Wildman–Crippen LogP) is 2.25. The highest BCUT2D eigenvalue weighted by Gasteiger charge is 2.40. The molecule has 0 radical (unpaired) electrons. The fourth-order valence-corrected chi connectivity index (χ4v) is 2.34. The molecule has 1 saturated carbocycles. The molecule has 0 atom stereocenters. The highest BCUT2D eigenvalue weighted by atomic mass is 16.1. The van der Waals surface area contributed by atoms with Gasteiger partial charge in [0.1, 0.15) is 0 Å². The Kier molecular flexibility index (Phi) is 3.48. The maximum atomic E-state index is 11.9. The van der Waals surface area contributed by atoms with E-state index in [4.69, 9.17) is 0 Å². The van der Waals surface area contributed by atoms with E-state index in [-0.39, 0.29) is 11.3 Å². The summed E-state index contributed by atoms with van der Waals surface area (Å²) in [6.45, 7) is 5.87. The number of ketones is 1. The number of hydrogen-bond donors (Lipinski definition) is 0. The van der Waals surface area contributed by atoms with Crippen LogP contribution in [0.5, 0.6) is 0 Å².